The second-order valence-corrected chi connectivity index (χ2v) is 2.22. The fourth-order valence-corrected chi connectivity index (χ4v) is 0.599. The number of carbonyl (C=O) groups excluding carboxylic acids is 4. The van der Waals surface area contributed by atoms with Crippen LogP contribution in [-0.4, -0.2) is 24.9 Å². The average molecular weight is 188 g/mol. The standard InChI is InChI=1S/C7H8O6/c1-5(7(11)13-4-9)2-6(10)12-3-8/h3-5H,2H2,1H3. The smallest absolute Gasteiger partial charge is 0.316 e. The molecule has 13 heavy (non-hydrogen) atoms. The maximum Gasteiger partial charge on any atom is 0.316 e. The summed E-state index contributed by atoms with van der Waals surface area (Å²) in [6.45, 7) is 1.32. The van der Waals surface area contributed by atoms with Crippen molar-refractivity contribution in [3.05, 3.63) is 0 Å². The minimum absolute atomic E-state index is 0.0239. The molecular formula is C7H8O6. The van der Waals surface area contributed by atoms with Gasteiger partial charge in [0.15, 0.2) is 0 Å². The molecule has 0 spiro atoms. The van der Waals surface area contributed by atoms with Crippen molar-refractivity contribution in [2.24, 2.45) is 5.92 Å². The first-order chi connectivity index (χ1) is 6.11. The van der Waals surface area contributed by atoms with Crippen molar-refractivity contribution in [3.63, 3.8) is 0 Å². The summed E-state index contributed by atoms with van der Waals surface area (Å²) in [6, 6.07) is 0. The topological polar surface area (TPSA) is 86.7 Å². The van der Waals surface area contributed by atoms with Gasteiger partial charge in [-0.15, -0.1) is 0 Å². The molecule has 0 aliphatic carbocycles. The van der Waals surface area contributed by atoms with E-state index in [0.29, 0.717) is 0 Å². The first-order valence-corrected chi connectivity index (χ1v) is 3.39. The third kappa shape index (κ3) is 4.67. The molecule has 0 saturated carbocycles. The lowest BCUT2D eigenvalue weighted by molar-refractivity contribution is -0.160. The zero-order valence-electron chi connectivity index (χ0n) is 6.89. The first-order valence-electron chi connectivity index (χ1n) is 3.39. The zero-order chi connectivity index (χ0) is 10.3. The zero-order valence-corrected chi connectivity index (χ0v) is 6.89. The Morgan fingerprint density at radius 3 is 2.23 bits per heavy atom. The van der Waals surface area contributed by atoms with Crippen LogP contribution in [0, 0.1) is 5.92 Å². The second kappa shape index (κ2) is 5.87. The Hall–Kier alpha value is -1.72. The number of rotatable bonds is 5. The van der Waals surface area contributed by atoms with E-state index < -0.39 is 17.9 Å². The summed E-state index contributed by atoms with van der Waals surface area (Å²) >= 11 is 0. The molecule has 0 aliphatic heterocycles. The lowest BCUT2D eigenvalue weighted by Gasteiger charge is -2.04. The third-order valence-corrected chi connectivity index (χ3v) is 1.22. The summed E-state index contributed by atoms with van der Waals surface area (Å²) < 4.78 is 7.89. The molecule has 1 unspecified atom stereocenters. The summed E-state index contributed by atoms with van der Waals surface area (Å²) in [5.41, 5.74) is 0. The fourth-order valence-electron chi connectivity index (χ4n) is 0.599. The van der Waals surface area contributed by atoms with Gasteiger partial charge < -0.3 is 9.47 Å². The van der Waals surface area contributed by atoms with Gasteiger partial charge in [-0.1, -0.05) is 6.92 Å². The minimum atomic E-state index is -0.842. The highest BCUT2D eigenvalue weighted by Gasteiger charge is 2.19. The average Bonchev–Trinajstić information content (AvgIpc) is 2.05. The summed E-state index contributed by atoms with van der Waals surface area (Å²) in [6.07, 6.45) is -0.300. The molecule has 0 fully saturated rings. The molecular weight excluding hydrogens is 180 g/mol. The van der Waals surface area contributed by atoms with Crippen LogP contribution >= 0.6 is 0 Å². The molecule has 72 valence electrons. The molecule has 0 aromatic carbocycles. The van der Waals surface area contributed by atoms with Crippen LogP contribution in [-0.2, 0) is 28.7 Å². The van der Waals surface area contributed by atoms with Gasteiger partial charge in [-0.05, 0) is 0 Å². The lowest BCUT2D eigenvalue weighted by atomic mass is 10.1. The number of esters is 2. The van der Waals surface area contributed by atoms with Gasteiger partial charge in [0, 0.05) is 0 Å². The van der Waals surface area contributed by atoms with Gasteiger partial charge in [0.05, 0.1) is 12.3 Å². The molecule has 0 heterocycles. The molecule has 0 amide bonds. The SMILES string of the molecule is CC(CC(=O)OC=O)C(=O)OC=O. The molecule has 0 aromatic heterocycles. The Kier molecular flexibility index (Phi) is 5.09. The molecule has 0 aromatic rings. The van der Waals surface area contributed by atoms with Gasteiger partial charge in [0.2, 0.25) is 0 Å². The van der Waals surface area contributed by atoms with Gasteiger partial charge in [0.25, 0.3) is 0 Å². The molecule has 6 heteroatoms. The van der Waals surface area contributed by atoms with Crippen molar-refractivity contribution in [2.45, 2.75) is 13.3 Å². The number of hydrogen-bond donors (Lipinski definition) is 0. The molecule has 0 aliphatic rings. The number of ether oxygens (including phenoxy) is 2. The van der Waals surface area contributed by atoms with Crippen LogP contribution in [0.1, 0.15) is 13.3 Å². The van der Waals surface area contributed by atoms with E-state index in [9.17, 15) is 19.2 Å². The van der Waals surface area contributed by atoms with Crippen molar-refractivity contribution < 1.29 is 28.7 Å². The van der Waals surface area contributed by atoms with E-state index in [-0.39, 0.29) is 19.4 Å². The van der Waals surface area contributed by atoms with Crippen molar-refractivity contribution in [3.8, 4) is 0 Å². The van der Waals surface area contributed by atoms with Gasteiger partial charge >= 0.3 is 24.9 Å². The minimum Gasteiger partial charge on any atom is -0.395 e. The summed E-state index contributed by atoms with van der Waals surface area (Å²) in [5.74, 6) is -2.49. The molecule has 0 rings (SSSR count). The molecule has 0 radical (unpaired) electrons. The summed E-state index contributed by atoms with van der Waals surface area (Å²) in [5, 5.41) is 0. The van der Waals surface area contributed by atoms with Crippen molar-refractivity contribution in [1.29, 1.82) is 0 Å². The van der Waals surface area contributed by atoms with Gasteiger partial charge in [-0.25, -0.2) is 0 Å². The van der Waals surface area contributed by atoms with E-state index in [1.54, 1.807) is 0 Å². The van der Waals surface area contributed by atoms with Crippen LogP contribution in [0.25, 0.3) is 0 Å². The summed E-state index contributed by atoms with van der Waals surface area (Å²) in [7, 11) is 0. The van der Waals surface area contributed by atoms with E-state index in [1.165, 1.54) is 6.92 Å². The molecule has 6 nitrogen and oxygen atoms in total. The Morgan fingerprint density at radius 2 is 1.77 bits per heavy atom. The van der Waals surface area contributed by atoms with E-state index in [1.807, 2.05) is 0 Å². The van der Waals surface area contributed by atoms with Crippen molar-refractivity contribution in [2.75, 3.05) is 0 Å². The Labute approximate surface area is 73.8 Å². The lowest BCUT2D eigenvalue weighted by Crippen LogP contribution is -2.18. The highest BCUT2D eigenvalue weighted by Crippen LogP contribution is 2.04. The Bertz CT molecular complexity index is 221. The number of carbonyl (C=O) groups is 4. The maximum absolute atomic E-state index is 10.7. The van der Waals surface area contributed by atoms with Crippen LogP contribution in [0.4, 0.5) is 0 Å². The van der Waals surface area contributed by atoms with Crippen LogP contribution in [0.2, 0.25) is 0 Å². The van der Waals surface area contributed by atoms with E-state index in [2.05, 4.69) is 9.47 Å². The summed E-state index contributed by atoms with van der Waals surface area (Å²) in [4.78, 5) is 40.7. The second-order valence-electron chi connectivity index (χ2n) is 2.22. The Balaban J connectivity index is 3.90. The van der Waals surface area contributed by atoms with E-state index in [0.717, 1.165) is 0 Å². The van der Waals surface area contributed by atoms with Gasteiger partial charge in [0.1, 0.15) is 0 Å². The largest absolute Gasteiger partial charge is 0.395 e. The van der Waals surface area contributed by atoms with Gasteiger partial charge in [-0.3, -0.25) is 19.2 Å². The third-order valence-electron chi connectivity index (χ3n) is 1.22. The van der Waals surface area contributed by atoms with Gasteiger partial charge in [-0.2, -0.15) is 0 Å². The quantitative estimate of drug-likeness (QED) is 0.325. The maximum atomic E-state index is 10.7. The van der Waals surface area contributed by atoms with E-state index in [4.69, 9.17) is 0 Å². The molecule has 0 bridgehead atoms. The molecule has 1 atom stereocenters. The Morgan fingerprint density at radius 1 is 1.23 bits per heavy atom. The van der Waals surface area contributed by atoms with Crippen LogP contribution < -0.4 is 0 Å². The van der Waals surface area contributed by atoms with Crippen LogP contribution in [0.5, 0.6) is 0 Å². The van der Waals surface area contributed by atoms with E-state index >= 15 is 0 Å². The normalized spacial score (nSPS) is 11.2. The van der Waals surface area contributed by atoms with Crippen molar-refractivity contribution >= 4 is 24.9 Å². The van der Waals surface area contributed by atoms with Crippen molar-refractivity contribution in [1.82, 2.24) is 0 Å². The predicted molar refractivity (Wildman–Crippen MR) is 38.1 cm³/mol. The molecule has 0 saturated heterocycles. The highest BCUT2D eigenvalue weighted by molar-refractivity contribution is 5.84. The van der Waals surface area contributed by atoms with Crippen LogP contribution in [0.3, 0.4) is 0 Å². The predicted octanol–water partition coefficient (Wildman–Crippen LogP) is -0.588. The monoisotopic (exact) mass is 188 g/mol. The van der Waals surface area contributed by atoms with Crippen LogP contribution in [0.15, 0.2) is 0 Å². The first kappa shape index (κ1) is 11.3. The molecule has 0 N–H and O–H groups in total. The highest BCUT2D eigenvalue weighted by atomic mass is 16.6. The number of hydrogen-bond acceptors (Lipinski definition) is 6. The fraction of sp³-hybridized carbons (Fsp3) is 0.429.